The number of aryl methyl sites for hydroxylation is 2. The van der Waals surface area contributed by atoms with Crippen molar-refractivity contribution in [1.29, 1.82) is 0 Å². The number of aromatic amines is 1. The van der Waals surface area contributed by atoms with Gasteiger partial charge in [0.2, 0.25) is 0 Å². The first-order valence-corrected chi connectivity index (χ1v) is 9.40. The average Bonchev–Trinajstić information content (AvgIpc) is 3.04. The molecule has 1 N–H and O–H groups in total. The fourth-order valence-electron chi connectivity index (χ4n) is 4.56. The molecule has 0 radical (unpaired) electrons. The molecule has 0 spiro atoms. The molecule has 5 nitrogen and oxygen atoms in total. The molecule has 1 amide bonds. The van der Waals surface area contributed by atoms with Crippen molar-refractivity contribution in [3.05, 3.63) is 56.3 Å². The van der Waals surface area contributed by atoms with E-state index in [1.807, 2.05) is 23.4 Å². The smallest absolute Gasteiger partial charge is 0.258 e. The Hall–Kier alpha value is -2.34. The van der Waals surface area contributed by atoms with Crippen molar-refractivity contribution >= 4 is 28.1 Å². The van der Waals surface area contributed by atoms with Crippen molar-refractivity contribution in [2.75, 3.05) is 13.1 Å². The number of piperidine rings is 1. The first-order chi connectivity index (χ1) is 12.0. The number of nitrogens with one attached hydrogen (secondary N) is 1. The van der Waals surface area contributed by atoms with Gasteiger partial charge in [0.1, 0.15) is 0 Å². The lowest BCUT2D eigenvalue weighted by Gasteiger charge is -2.20. The minimum Gasteiger partial charge on any atom is -0.349 e. The number of hydrogen-bond donors (Lipinski definition) is 1. The molecule has 1 aliphatic heterocycles. The second kappa shape index (κ2) is 4.85. The zero-order chi connectivity index (χ0) is 17.3. The summed E-state index contributed by atoms with van der Waals surface area (Å²) in [5.74, 6) is 0.537. The molecule has 1 saturated carbocycles. The first-order valence-electron chi connectivity index (χ1n) is 8.52. The zero-order valence-corrected chi connectivity index (χ0v) is 15.0. The summed E-state index contributed by atoms with van der Waals surface area (Å²) in [6.07, 6.45) is 4.68. The van der Waals surface area contributed by atoms with Crippen LogP contribution in [0.15, 0.2) is 34.7 Å². The van der Waals surface area contributed by atoms with Crippen molar-refractivity contribution in [2.24, 2.45) is 13.0 Å². The third-order valence-electron chi connectivity index (χ3n) is 5.88. The van der Waals surface area contributed by atoms with Gasteiger partial charge in [-0.05, 0) is 36.3 Å². The van der Waals surface area contributed by atoms with Crippen LogP contribution in [0.4, 0.5) is 0 Å². The summed E-state index contributed by atoms with van der Waals surface area (Å²) in [7, 11) is 1.89. The number of aromatic nitrogens is 2. The molecule has 4 heterocycles. The predicted molar refractivity (Wildman–Crippen MR) is 98.3 cm³/mol. The molecule has 3 aromatic heterocycles. The Morgan fingerprint density at radius 1 is 1.44 bits per heavy atom. The van der Waals surface area contributed by atoms with E-state index in [4.69, 9.17) is 0 Å². The van der Waals surface area contributed by atoms with Crippen molar-refractivity contribution in [1.82, 2.24) is 14.5 Å². The third kappa shape index (κ3) is 1.94. The van der Waals surface area contributed by atoms with Crippen LogP contribution in [0.5, 0.6) is 0 Å². The number of carbonyl (C=O) groups is 1. The fourth-order valence-corrected chi connectivity index (χ4v) is 5.57. The number of H-pyrrole nitrogens is 1. The lowest BCUT2D eigenvalue weighted by atomic mass is 10.0. The number of amides is 1. The number of carbonyl (C=O) groups excluding carboxylic acids is 1. The molecule has 25 heavy (non-hydrogen) atoms. The summed E-state index contributed by atoms with van der Waals surface area (Å²) in [6, 6.07) is 4.27. The summed E-state index contributed by atoms with van der Waals surface area (Å²) in [5.41, 5.74) is 2.29. The maximum absolute atomic E-state index is 13.2. The van der Waals surface area contributed by atoms with Crippen molar-refractivity contribution in [3.8, 4) is 0 Å². The van der Waals surface area contributed by atoms with E-state index >= 15 is 0 Å². The van der Waals surface area contributed by atoms with Gasteiger partial charge in [-0.1, -0.05) is 6.07 Å². The highest BCUT2D eigenvalue weighted by Crippen LogP contribution is 2.60. The highest BCUT2D eigenvalue weighted by Gasteiger charge is 2.62. The molecular weight excluding hydrogens is 334 g/mol. The Morgan fingerprint density at radius 2 is 2.28 bits per heavy atom. The molecule has 0 bridgehead atoms. The van der Waals surface area contributed by atoms with Crippen LogP contribution < -0.4 is 5.56 Å². The molecule has 5 rings (SSSR count). The van der Waals surface area contributed by atoms with E-state index in [9.17, 15) is 9.59 Å². The monoisotopic (exact) mass is 353 g/mol. The van der Waals surface area contributed by atoms with Gasteiger partial charge >= 0.3 is 0 Å². The maximum Gasteiger partial charge on any atom is 0.258 e. The van der Waals surface area contributed by atoms with Crippen LogP contribution >= 0.6 is 11.3 Å². The van der Waals surface area contributed by atoms with E-state index in [-0.39, 0.29) is 16.9 Å². The Bertz CT molecular complexity index is 1060. The van der Waals surface area contributed by atoms with Crippen molar-refractivity contribution in [3.63, 3.8) is 0 Å². The van der Waals surface area contributed by atoms with Gasteiger partial charge in [-0.2, -0.15) is 0 Å². The number of likely N-dealkylation sites (tertiary alicyclic amines) is 1. The number of rotatable bonds is 2. The fraction of sp³-hybridized carbons (Fsp3) is 0.368. The minimum absolute atomic E-state index is 0.0233. The first kappa shape index (κ1) is 15.0. The van der Waals surface area contributed by atoms with E-state index < -0.39 is 0 Å². The van der Waals surface area contributed by atoms with Gasteiger partial charge in [-0.15, -0.1) is 11.3 Å². The van der Waals surface area contributed by atoms with Crippen LogP contribution in [0, 0.1) is 12.8 Å². The number of hydrogen-bond acceptors (Lipinski definition) is 3. The Balaban J connectivity index is 1.54. The number of pyridine rings is 1. The molecule has 3 aromatic rings. The summed E-state index contributed by atoms with van der Waals surface area (Å²) >= 11 is 1.78. The van der Waals surface area contributed by atoms with E-state index in [0.717, 1.165) is 24.2 Å². The normalized spacial score (nSPS) is 24.7. The van der Waals surface area contributed by atoms with Gasteiger partial charge < -0.3 is 14.5 Å². The minimum atomic E-state index is -0.193. The van der Waals surface area contributed by atoms with Gasteiger partial charge in [0.05, 0.1) is 16.5 Å². The van der Waals surface area contributed by atoms with Crippen LogP contribution in [0.1, 0.15) is 27.2 Å². The average molecular weight is 353 g/mol. The van der Waals surface area contributed by atoms with Crippen LogP contribution in [-0.4, -0.2) is 33.4 Å². The summed E-state index contributed by atoms with van der Waals surface area (Å²) in [6.45, 7) is 3.50. The molecule has 2 unspecified atom stereocenters. The maximum atomic E-state index is 13.2. The van der Waals surface area contributed by atoms with Gasteiger partial charge in [0.15, 0.2) is 0 Å². The Kier molecular flexibility index (Phi) is 2.90. The molecule has 2 fully saturated rings. The number of nitrogens with zero attached hydrogens (tertiary/aromatic N) is 2. The van der Waals surface area contributed by atoms with Gasteiger partial charge in [0.25, 0.3) is 11.5 Å². The SMILES string of the molecule is Cc1c[nH]c(=O)c2c(C(=O)N3CC4CC4(c4cccs4)C3)cn(C)c12. The molecule has 0 aromatic carbocycles. The molecular formula is C19H19N3O2S. The molecule has 1 saturated heterocycles. The summed E-state index contributed by atoms with van der Waals surface area (Å²) in [4.78, 5) is 31.6. The van der Waals surface area contributed by atoms with E-state index in [0.29, 0.717) is 16.9 Å². The zero-order valence-electron chi connectivity index (χ0n) is 14.2. The lowest BCUT2D eigenvalue weighted by molar-refractivity contribution is 0.0774. The largest absolute Gasteiger partial charge is 0.349 e. The standard InChI is InChI=1S/C19H19N3O2S/c1-11-7-20-17(23)15-13(9-21(2)16(11)15)18(24)22-8-12-6-19(12,10-22)14-4-3-5-25-14/h3-5,7,9,12H,6,8,10H2,1-2H3,(H,20,23). The second-order valence-corrected chi connectivity index (χ2v) is 8.35. The summed E-state index contributed by atoms with van der Waals surface area (Å²) in [5, 5.41) is 2.62. The molecule has 128 valence electrons. The van der Waals surface area contributed by atoms with Crippen LogP contribution in [-0.2, 0) is 12.5 Å². The van der Waals surface area contributed by atoms with Crippen LogP contribution in [0.25, 0.3) is 10.9 Å². The van der Waals surface area contributed by atoms with Crippen molar-refractivity contribution < 1.29 is 4.79 Å². The van der Waals surface area contributed by atoms with E-state index in [1.165, 1.54) is 11.3 Å². The highest BCUT2D eigenvalue weighted by atomic mass is 32.1. The molecule has 2 atom stereocenters. The van der Waals surface area contributed by atoms with E-state index in [1.54, 1.807) is 23.7 Å². The predicted octanol–water partition coefficient (Wildman–Crippen LogP) is 2.65. The third-order valence-corrected chi connectivity index (χ3v) is 6.97. The number of fused-ring (bicyclic) bond motifs is 2. The molecule has 6 heteroatoms. The lowest BCUT2D eigenvalue weighted by Crippen LogP contribution is -2.33. The van der Waals surface area contributed by atoms with E-state index in [2.05, 4.69) is 22.5 Å². The topological polar surface area (TPSA) is 58.1 Å². The number of thiophene rings is 1. The van der Waals surface area contributed by atoms with Gasteiger partial charge in [-0.25, -0.2) is 0 Å². The van der Waals surface area contributed by atoms with Crippen molar-refractivity contribution in [2.45, 2.75) is 18.8 Å². The quantitative estimate of drug-likeness (QED) is 0.770. The van der Waals surface area contributed by atoms with Crippen LogP contribution in [0.2, 0.25) is 0 Å². The molecule has 2 aliphatic rings. The Morgan fingerprint density at radius 3 is 3.04 bits per heavy atom. The Labute approximate surface area is 148 Å². The van der Waals surface area contributed by atoms with Gasteiger partial charge in [-0.3, -0.25) is 9.59 Å². The highest BCUT2D eigenvalue weighted by molar-refractivity contribution is 7.10. The summed E-state index contributed by atoms with van der Waals surface area (Å²) < 4.78 is 1.89. The molecule has 1 aliphatic carbocycles. The van der Waals surface area contributed by atoms with Gasteiger partial charge in [0, 0.05) is 42.8 Å². The van der Waals surface area contributed by atoms with Crippen LogP contribution in [0.3, 0.4) is 0 Å². The second-order valence-electron chi connectivity index (χ2n) is 7.40.